The van der Waals surface area contributed by atoms with E-state index in [9.17, 15) is 8.42 Å². The summed E-state index contributed by atoms with van der Waals surface area (Å²) < 4.78 is 34.8. The smallest absolute Gasteiger partial charge is 0.299 e. The summed E-state index contributed by atoms with van der Waals surface area (Å²) in [6.45, 7) is 4.02. The van der Waals surface area contributed by atoms with E-state index in [1.807, 2.05) is 13.8 Å². The summed E-state index contributed by atoms with van der Waals surface area (Å²) in [6, 6.07) is 0. The van der Waals surface area contributed by atoms with Crippen LogP contribution in [0.1, 0.15) is 33.1 Å². The van der Waals surface area contributed by atoms with E-state index < -0.39 is 10.1 Å². The van der Waals surface area contributed by atoms with Crippen molar-refractivity contribution < 1.29 is 17.7 Å². The van der Waals surface area contributed by atoms with Crippen molar-refractivity contribution in [1.29, 1.82) is 0 Å². The van der Waals surface area contributed by atoms with E-state index in [4.69, 9.17) is 9.29 Å². The van der Waals surface area contributed by atoms with Crippen molar-refractivity contribution >= 4 is 10.1 Å². The lowest BCUT2D eigenvalue weighted by atomic mass is 10.3. The van der Waals surface area contributed by atoms with Gasteiger partial charge in [0.15, 0.2) is 0 Å². The Balaban J connectivity index is 4.05. The highest BCUT2D eigenvalue weighted by Gasteiger charge is 2.23. The second-order valence-electron chi connectivity index (χ2n) is 2.45. The minimum atomic E-state index is -4.10. The molecule has 4 nitrogen and oxygen atoms in total. The molecule has 1 radical (unpaired) electrons. The average Bonchev–Trinajstić information content (AvgIpc) is 1.95. The minimum absolute atomic E-state index is 0.216. The lowest BCUT2D eigenvalue weighted by Crippen LogP contribution is -2.15. The fourth-order valence-corrected chi connectivity index (χ4v) is 1.39. The fraction of sp³-hybridized carbons (Fsp3) is 0.857. The Morgan fingerprint density at radius 2 is 1.92 bits per heavy atom. The Labute approximate surface area is 73.7 Å². The summed E-state index contributed by atoms with van der Waals surface area (Å²) >= 11 is 0. The number of rotatable bonds is 6. The molecule has 0 saturated heterocycles. The molecule has 0 fully saturated rings. The number of ether oxygens (including phenoxy) is 1. The number of hydrogen-bond acceptors (Lipinski definition) is 3. The van der Waals surface area contributed by atoms with Crippen LogP contribution in [0.2, 0.25) is 0 Å². The first kappa shape index (κ1) is 11.9. The van der Waals surface area contributed by atoms with E-state index in [-0.39, 0.29) is 11.9 Å². The van der Waals surface area contributed by atoms with Crippen molar-refractivity contribution in [3.8, 4) is 0 Å². The zero-order valence-electron chi connectivity index (χ0n) is 7.41. The average molecular weight is 195 g/mol. The van der Waals surface area contributed by atoms with E-state index in [2.05, 4.69) is 0 Å². The van der Waals surface area contributed by atoms with Gasteiger partial charge in [0.05, 0.1) is 0 Å². The molecular weight excluding hydrogens is 180 g/mol. The van der Waals surface area contributed by atoms with E-state index in [0.29, 0.717) is 13.0 Å². The van der Waals surface area contributed by atoms with E-state index >= 15 is 0 Å². The predicted molar refractivity (Wildman–Crippen MR) is 45.9 cm³/mol. The molecule has 0 aromatic heterocycles. The van der Waals surface area contributed by atoms with Crippen LogP contribution in [0.15, 0.2) is 0 Å². The van der Waals surface area contributed by atoms with Gasteiger partial charge in [-0.1, -0.05) is 20.3 Å². The summed E-state index contributed by atoms with van der Waals surface area (Å²) in [5.74, 6) is 0. The molecule has 0 aromatic rings. The third-order valence-corrected chi connectivity index (χ3v) is 2.11. The Morgan fingerprint density at radius 1 is 1.33 bits per heavy atom. The minimum Gasteiger partial charge on any atom is -0.353 e. The molecule has 0 amide bonds. The van der Waals surface area contributed by atoms with E-state index in [1.54, 1.807) is 0 Å². The Morgan fingerprint density at radius 3 is 2.25 bits per heavy atom. The van der Waals surface area contributed by atoms with Crippen LogP contribution in [0.25, 0.3) is 0 Å². The van der Waals surface area contributed by atoms with Gasteiger partial charge in [0, 0.05) is 6.61 Å². The van der Waals surface area contributed by atoms with Crippen LogP contribution in [0.5, 0.6) is 0 Å². The molecule has 0 saturated carbocycles. The van der Waals surface area contributed by atoms with Gasteiger partial charge in [0.25, 0.3) is 10.1 Å². The first-order valence-corrected chi connectivity index (χ1v) is 5.42. The third kappa shape index (κ3) is 4.69. The quantitative estimate of drug-likeness (QED) is 0.654. The maximum atomic E-state index is 10.6. The summed E-state index contributed by atoms with van der Waals surface area (Å²) in [7, 11) is -4.10. The van der Waals surface area contributed by atoms with Gasteiger partial charge < -0.3 is 4.74 Å². The standard InChI is InChI=1S/C7H15O4S/c1-3-5-7(11-6-4-2)12(8,9)10/h3-6H2,1-2H3,(H,8,9,10). The normalized spacial score (nSPS) is 12.3. The molecule has 0 spiro atoms. The molecule has 0 aromatic carbocycles. The molecule has 0 heterocycles. The molecule has 1 N–H and O–H groups in total. The molecule has 0 rings (SSSR count). The molecule has 0 aliphatic carbocycles. The highest BCUT2D eigenvalue weighted by atomic mass is 32.2. The SMILES string of the molecule is CCCO[C](CCC)S(=O)(=O)O. The Kier molecular flexibility index (Phi) is 5.44. The van der Waals surface area contributed by atoms with Gasteiger partial charge >= 0.3 is 0 Å². The van der Waals surface area contributed by atoms with Crippen LogP contribution in [-0.2, 0) is 14.9 Å². The Bertz CT molecular complexity index is 197. The molecule has 12 heavy (non-hydrogen) atoms. The molecule has 0 atom stereocenters. The van der Waals surface area contributed by atoms with Crippen LogP contribution in [0.3, 0.4) is 0 Å². The Hall–Kier alpha value is -0.130. The van der Waals surface area contributed by atoms with Crippen molar-refractivity contribution in [2.45, 2.75) is 33.1 Å². The van der Waals surface area contributed by atoms with E-state index in [0.717, 1.165) is 6.42 Å². The zero-order valence-corrected chi connectivity index (χ0v) is 8.23. The maximum Gasteiger partial charge on any atom is 0.299 e. The van der Waals surface area contributed by atoms with Crippen molar-refractivity contribution in [3.63, 3.8) is 0 Å². The van der Waals surface area contributed by atoms with Gasteiger partial charge in [-0.25, -0.2) is 0 Å². The van der Waals surface area contributed by atoms with Crippen molar-refractivity contribution in [1.82, 2.24) is 0 Å². The third-order valence-electron chi connectivity index (χ3n) is 1.21. The molecule has 73 valence electrons. The molecular formula is C7H15O4S. The van der Waals surface area contributed by atoms with Gasteiger partial charge in [-0.15, -0.1) is 0 Å². The molecule has 0 unspecified atom stereocenters. The van der Waals surface area contributed by atoms with Crippen LogP contribution in [0, 0.1) is 5.44 Å². The summed E-state index contributed by atoms with van der Waals surface area (Å²) in [5.41, 5.74) is -0.216. The van der Waals surface area contributed by atoms with Gasteiger partial charge in [-0.05, 0) is 12.8 Å². The maximum absolute atomic E-state index is 10.6. The van der Waals surface area contributed by atoms with Crippen LogP contribution < -0.4 is 0 Å². The van der Waals surface area contributed by atoms with Crippen LogP contribution >= 0.6 is 0 Å². The molecule has 5 heteroatoms. The summed E-state index contributed by atoms with van der Waals surface area (Å²) in [4.78, 5) is 0. The van der Waals surface area contributed by atoms with Gasteiger partial charge in [0.1, 0.15) is 0 Å². The topological polar surface area (TPSA) is 63.6 Å². The van der Waals surface area contributed by atoms with Crippen molar-refractivity contribution in [3.05, 3.63) is 5.44 Å². The van der Waals surface area contributed by atoms with Gasteiger partial charge in [0.2, 0.25) is 5.44 Å². The first-order chi connectivity index (χ1) is 5.52. The lowest BCUT2D eigenvalue weighted by Gasteiger charge is -2.10. The molecule has 0 aliphatic rings. The second kappa shape index (κ2) is 5.50. The second-order valence-corrected chi connectivity index (χ2v) is 3.85. The lowest BCUT2D eigenvalue weighted by molar-refractivity contribution is 0.164. The zero-order chi connectivity index (χ0) is 9.61. The van der Waals surface area contributed by atoms with Crippen LogP contribution in [-0.4, -0.2) is 19.6 Å². The summed E-state index contributed by atoms with van der Waals surface area (Å²) in [6.07, 6.45) is 1.63. The largest absolute Gasteiger partial charge is 0.353 e. The fourth-order valence-electron chi connectivity index (χ4n) is 0.696. The summed E-state index contributed by atoms with van der Waals surface area (Å²) in [5, 5.41) is 0. The van der Waals surface area contributed by atoms with Gasteiger partial charge in [-0.3, -0.25) is 4.55 Å². The van der Waals surface area contributed by atoms with Crippen LogP contribution in [0.4, 0.5) is 0 Å². The highest BCUT2D eigenvalue weighted by molar-refractivity contribution is 7.88. The molecule has 0 aliphatic heterocycles. The predicted octanol–water partition coefficient (Wildman–Crippen LogP) is 1.59. The highest BCUT2D eigenvalue weighted by Crippen LogP contribution is 2.17. The van der Waals surface area contributed by atoms with Crippen molar-refractivity contribution in [2.24, 2.45) is 0 Å². The molecule has 0 bridgehead atoms. The van der Waals surface area contributed by atoms with Crippen molar-refractivity contribution in [2.75, 3.05) is 6.61 Å². The van der Waals surface area contributed by atoms with Gasteiger partial charge in [-0.2, -0.15) is 8.42 Å². The monoisotopic (exact) mass is 195 g/mol. The first-order valence-electron chi connectivity index (χ1n) is 3.98. The van der Waals surface area contributed by atoms with E-state index in [1.165, 1.54) is 0 Å². The number of hydrogen-bond donors (Lipinski definition) is 1.